The summed E-state index contributed by atoms with van der Waals surface area (Å²) in [6, 6.07) is -1.04. The van der Waals surface area contributed by atoms with Gasteiger partial charge in [0, 0.05) is 6.42 Å². The van der Waals surface area contributed by atoms with Gasteiger partial charge in [-0.25, -0.2) is 0 Å². The number of aliphatic hydroxyl groups is 5. The molecule has 1 rings (SSSR count). The van der Waals surface area contributed by atoms with Gasteiger partial charge < -0.3 is 45.1 Å². The van der Waals surface area contributed by atoms with Gasteiger partial charge in [-0.3, -0.25) is 9.59 Å². The Morgan fingerprint density at radius 3 is 1.24 bits per heavy atom. The van der Waals surface area contributed by atoms with E-state index in [9.17, 15) is 35.1 Å². The van der Waals surface area contributed by atoms with Crippen LogP contribution in [0, 0.1) is 0 Å². The van der Waals surface area contributed by atoms with Gasteiger partial charge in [0.1, 0.15) is 24.4 Å². The molecule has 85 heavy (non-hydrogen) atoms. The van der Waals surface area contributed by atoms with Crippen LogP contribution in [-0.2, 0) is 23.8 Å². The van der Waals surface area contributed by atoms with Crippen molar-refractivity contribution in [2.75, 3.05) is 13.2 Å². The number of amides is 1. The Kier molecular flexibility index (Phi) is 57.4. The lowest BCUT2D eigenvalue weighted by Gasteiger charge is -2.41. The average molecular weight is 1190 g/mol. The van der Waals surface area contributed by atoms with Gasteiger partial charge in [0.05, 0.1) is 25.4 Å². The molecule has 1 aliphatic heterocycles. The van der Waals surface area contributed by atoms with Crippen molar-refractivity contribution in [1.82, 2.24) is 5.32 Å². The van der Waals surface area contributed by atoms with Gasteiger partial charge in [0.2, 0.25) is 5.91 Å². The molecule has 0 aromatic heterocycles. The molecule has 6 N–H and O–H groups in total. The van der Waals surface area contributed by atoms with Crippen molar-refractivity contribution in [3.05, 3.63) is 85.1 Å². The number of nitrogens with one attached hydrogen (secondary N) is 1. The molecule has 11 nitrogen and oxygen atoms in total. The molecule has 1 amide bonds. The van der Waals surface area contributed by atoms with E-state index >= 15 is 0 Å². The van der Waals surface area contributed by atoms with E-state index in [0.717, 1.165) is 70.6 Å². The maximum Gasteiger partial charge on any atom is 0.306 e. The topological polar surface area (TPSA) is 175 Å². The normalized spacial score (nSPS) is 18.9. The van der Waals surface area contributed by atoms with E-state index in [1.807, 2.05) is 12.2 Å². The number of hydrogen-bond acceptors (Lipinski definition) is 10. The second kappa shape index (κ2) is 61.1. The Morgan fingerprint density at radius 1 is 0.459 bits per heavy atom. The number of carbonyl (C=O) groups excluding carboxylic acids is 2. The summed E-state index contributed by atoms with van der Waals surface area (Å²) in [5.41, 5.74) is 0. The zero-order valence-electron chi connectivity index (χ0n) is 54.7. The van der Waals surface area contributed by atoms with E-state index in [1.165, 1.54) is 186 Å². The number of ether oxygens (including phenoxy) is 3. The second-order valence-corrected chi connectivity index (χ2v) is 24.3. The van der Waals surface area contributed by atoms with Gasteiger partial charge in [-0.2, -0.15) is 0 Å². The van der Waals surface area contributed by atoms with Crippen molar-refractivity contribution in [3.8, 4) is 0 Å². The van der Waals surface area contributed by atoms with Crippen LogP contribution in [0.5, 0.6) is 0 Å². The molecule has 0 aromatic rings. The average Bonchev–Trinajstić information content (AvgIpc) is 3.16. The van der Waals surface area contributed by atoms with Gasteiger partial charge in [-0.15, -0.1) is 0 Å². The first kappa shape index (κ1) is 79.9. The minimum Gasteiger partial charge on any atom is -0.454 e. The number of carbonyl (C=O) groups is 2. The Bertz CT molecular complexity index is 1710. The quantitative estimate of drug-likeness (QED) is 0.0195. The maximum atomic E-state index is 13.5. The van der Waals surface area contributed by atoms with Crippen LogP contribution in [0.25, 0.3) is 0 Å². The van der Waals surface area contributed by atoms with Crippen LogP contribution in [0.3, 0.4) is 0 Å². The highest BCUT2D eigenvalue weighted by Gasteiger charge is 2.47. The van der Waals surface area contributed by atoms with Crippen LogP contribution in [0.15, 0.2) is 85.1 Å². The van der Waals surface area contributed by atoms with Crippen molar-refractivity contribution >= 4 is 11.9 Å². The Labute approximate surface area is 521 Å². The van der Waals surface area contributed by atoms with Gasteiger partial charge >= 0.3 is 5.97 Å². The number of esters is 1. The molecule has 0 radical (unpaired) electrons. The fourth-order valence-corrected chi connectivity index (χ4v) is 10.7. The van der Waals surface area contributed by atoms with Crippen LogP contribution in [0.1, 0.15) is 310 Å². The van der Waals surface area contributed by atoms with Gasteiger partial charge in [0.25, 0.3) is 0 Å². The third-order valence-electron chi connectivity index (χ3n) is 16.3. The zero-order valence-corrected chi connectivity index (χ0v) is 54.7. The van der Waals surface area contributed by atoms with Crippen LogP contribution >= 0.6 is 0 Å². The summed E-state index contributed by atoms with van der Waals surface area (Å²) in [7, 11) is 0. The molecule has 1 fully saturated rings. The standard InChI is InChI=1S/C74H131NO10/c1-4-7-10-13-16-19-22-25-27-29-30-31-32-33-34-35-36-37-39-40-43-46-49-52-55-58-61-67(78)73(82)75-65(66(77)60-57-54-51-48-45-42-24-21-18-15-12-9-6-3)64-83-74-72(71(81)70(80)68(63-76)84-74)85-69(79)62-59-56-53-50-47-44-41-38-28-26-23-20-17-14-11-8-5-2/h16-17,19-20,25-28,41,44,50,53,57,60,65-68,70-72,74,76-78,80-81H,4-15,18,21-24,29-40,42-43,45-49,51-52,54-56,58-59,61-64H2,1-3H3,(H,75,82)/b19-16-,20-17-,27-25-,28-26-,44-41-,53-50-,60-57+. The molecule has 1 heterocycles. The highest BCUT2D eigenvalue weighted by molar-refractivity contribution is 5.80. The molecular formula is C74H131NO10. The summed E-state index contributed by atoms with van der Waals surface area (Å²) in [5.74, 6) is -1.25. The van der Waals surface area contributed by atoms with E-state index in [0.29, 0.717) is 19.3 Å². The Hall–Kier alpha value is -3.16. The van der Waals surface area contributed by atoms with Gasteiger partial charge in [-0.1, -0.05) is 292 Å². The molecule has 0 saturated carbocycles. The van der Waals surface area contributed by atoms with E-state index in [4.69, 9.17) is 14.2 Å². The highest BCUT2D eigenvalue weighted by atomic mass is 16.7. The van der Waals surface area contributed by atoms with Crippen molar-refractivity contribution in [2.45, 2.75) is 359 Å². The molecule has 0 spiro atoms. The molecule has 0 bridgehead atoms. The largest absolute Gasteiger partial charge is 0.454 e. The lowest BCUT2D eigenvalue weighted by molar-refractivity contribution is -0.305. The van der Waals surface area contributed by atoms with E-state index in [-0.39, 0.29) is 19.4 Å². The van der Waals surface area contributed by atoms with Crippen LogP contribution in [-0.4, -0.2) is 99.6 Å². The number of unbranched alkanes of at least 4 members (excludes halogenated alkanes) is 34. The van der Waals surface area contributed by atoms with E-state index < -0.39 is 67.4 Å². The molecule has 1 saturated heterocycles. The van der Waals surface area contributed by atoms with E-state index in [1.54, 1.807) is 6.08 Å². The summed E-state index contributed by atoms with van der Waals surface area (Å²) in [6.07, 6.45) is 70.6. The lowest BCUT2D eigenvalue weighted by atomic mass is 9.99. The van der Waals surface area contributed by atoms with Gasteiger partial charge in [-0.05, 0) is 96.3 Å². The number of rotatable bonds is 60. The summed E-state index contributed by atoms with van der Waals surface area (Å²) < 4.78 is 17.6. The summed E-state index contributed by atoms with van der Waals surface area (Å²) in [5, 5.41) is 57.2. The van der Waals surface area contributed by atoms with Crippen molar-refractivity contribution in [1.29, 1.82) is 0 Å². The molecule has 11 heteroatoms. The predicted molar refractivity (Wildman–Crippen MR) is 356 cm³/mol. The van der Waals surface area contributed by atoms with Crippen LogP contribution in [0.4, 0.5) is 0 Å². The second-order valence-electron chi connectivity index (χ2n) is 24.3. The van der Waals surface area contributed by atoms with Crippen molar-refractivity contribution in [3.63, 3.8) is 0 Å². The minimum absolute atomic E-state index is 0.0460. The maximum absolute atomic E-state index is 13.5. The third kappa shape index (κ3) is 48.4. The van der Waals surface area contributed by atoms with Crippen molar-refractivity contribution < 1.29 is 49.3 Å². The Balaban J connectivity index is 2.60. The minimum atomic E-state index is -1.64. The SMILES string of the molecule is CCCCC/C=C\C/C=C\C/C=C\C/C=C\CCCC(=O)OC1C(OCC(NC(=O)C(O)CCCCCCCCCCCCCCCCCC/C=C\C/C=C\CCCCC)C(O)/C=C/CCCCCCCCCCCCC)OC(CO)C(O)C1O. The molecule has 0 aromatic carbocycles. The molecule has 1 aliphatic rings. The first-order chi connectivity index (χ1) is 41.7. The summed E-state index contributed by atoms with van der Waals surface area (Å²) >= 11 is 0. The monoisotopic (exact) mass is 1190 g/mol. The molecular weight excluding hydrogens is 1060 g/mol. The predicted octanol–water partition coefficient (Wildman–Crippen LogP) is 18.1. The van der Waals surface area contributed by atoms with Gasteiger partial charge in [0.15, 0.2) is 12.4 Å². The fourth-order valence-electron chi connectivity index (χ4n) is 10.7. The highest BCUT2D eigenvalue weighted by Crippen LogP contribution is 2.26. The summed E-state index contributed by atoms with van der Waals surface area (Å²) in [4.78, 5) is 26.6. The number of aliphatic hydroxyl groups excluding tert-OH is 5. The molecule has 0 aliphatic carbocycles. The smallest absolute Gasteiger partial charge is 0.306 e. The lowest BCUT2D eigenvalue weighted by Crippen LogP contribution is -2.61. The van der Waals surface area contributed by atoms with Crippen LogP contribution in [0.2, 0.25) is 0 Å². The summed E-state index contributed by atoms with van der Waals surface area (Å²) in [6.45, 7) is 5.74. The molecule has 8 atom stereocenters. The molecule has 492 valence electrons. The number of allylic oxidation sites excluding steroid dienone is 13. The number of hydrogen-bond donors (Lipinski definition) is 6. The van der Waals surface area contributed by atoms with Crippen molar-refractivity contribution in [2.24, 2.45) is 0 Å². The third-order valence-corrected chi connectivity index (χ3v) is 16.3. The first-order valence-electron chi connectivity index (χ1n) is 35.4. The van der Waals surface area contributed by atoms with Crippen LogP contribution < -0.4 is 5.32 Å². The first-order valence-corrected chi connectivity index (χ1v) is 35.4. The fraction of sp³-hybridized carbons (Fsp3) is 0.784. The van der Waals surface area contributed by atoms with E-state index in [2.05, 4.69) is 92.9 Å². The zero-order chi connectivity index (χ0) is 61.7. The molecule has 8 unspecified atom stereocenters. The Morgan fingerprint density at radius 2 is 0.812 bits per heavy atom.